The molecule has 3 fully saturated rings. The molecule has 5 rings (SSSR count). The van der Waals surface area contributed by atoms with Crippen LogP contribution in [-0.2, 0) is 38.3 Å². The number of halogens is 3. The van der Waals surface area contributed by atoms with Crippen molar-refractivity contribution in [3.63, 3.8) is 0 Å². The molecule has 0 bridgehead atoms. The fourth-order valence-corrected chi connectivity index (χ4v) is 6.66. The minimum Gasteiger partial charge on any atom is -0.479 e. The Labute approximate surface area is 259 Å². The Morgan fingerprint density at radius 2 is 1.98 bits per heavy atom. The number of nitrogen functional groups attached to an aromatic ring is 1. The first-order chi connectivity index (χ1) is 21.3. The van der Waals surface area contributed by atoms with Crippen LogP contribution in [0.4, 0.5) is 18.3 Å². The lowest BCUT2D eigenvalue weighted by molar-refractivity contribution is -0.201. The van der Waals surface area contributed by atoms with Gasteiger partial charge in [0.25, 0.3) is 11.8 Å². The number of thioether (sulfide) groups is 1. The zero-order valence-corrected chi connectivity index (χ0v) is 24.5. The molecule has 0 aromatic carbocycles. The number of likely N-dealkylation sites (tertiary alicyclic amines) is 1. The summed E-state index contributed by atoms with van der Waals surface area (Å²) in [6, 6.07) is -1.25. The third-order valence-corrected chi connectivity index (χ3v) is 8.91. The van der Waals surface area contributed by atoms with Crippen molar-refractivity contribution in [1.82, 2.24) is 20.1 Å². The number of oxime groups is 1. The van der Waals surface area contributed by atoms with Crippen LogP contribution in [0.25, 0.3) is 0 Å². The monoisotopic (exact) mass is 672 g/mol. The molecule has 4 heterocycles. The summed E-state index contributed by atoms with van der Waals surface area (Å²) < 4.78 is 42.9. The fraction of sp³-hybridized carbons (Fsp3) is 0.440. The second kappa shape index (κ2) is 12.5. The summed E-state index contributed by atoms with van der Waals surface area (Å²) in [7, 11) is 0. The summed E-state index contributed by atoms with van der Waals surface area (Å²) >= 11 is 1.96. The first-order valence-corrected chi connectivity index (χ1v) is 15.2. The number of aliphatic carboxylic acids is 1. The van der Waals surface area contributed by atoms with E-state index in [2.05, 4.69) is 25.0 Å². The van der Waals surface area contributed by atoms with Gasteiger partial charge < -0.3 is 30.6 Å². The number of carbonyl (C=O) groups excluding carboxylic acids is 5. The van der Waals surface area contributed by atoms with Crippen molar-refractivity contribution < 1.29 is 56.6 Å². The number of allylic oxidation sites excluding steroid dienone is 1. The van der Waals surface area contributed by atoms with Crippen LogP contribution in [0.2, 0.25) is 0 Å². The molecule has 3 amide bonds. The predicted molar refractivity (Wildman–Crippen MR) is 148 cm³/mol. The molecule has 2 atom stereocenters. The first kappa shape index (κ1) is 31.9. The van der Waals surface area contributed by atoms with Crippen LogP contribution in [0.15, 0.2) is 33.5 Å². The summed E-state index contributed by atoms with van der Waals surface area (Å²) in [4.78, 5) is 85.9. The highest BCUT2D eigenvalue weighted by atomic mass is 32.2. The number of thiazole rings is 1. The molecule has 3 aliphatic heterocycles. The molecule has 45 heavy (non-hydrogen) atoms. The van der Waals surface area contributed by atoms with Crippen molar-refractivity contribution in [2.24, 2.45) is 5.16 Å². The number of carbonyl (C=O) groups is 6. The number of alkyl halides is 3. The summed E-state index contributed by atoms with van der Waals surface area (Å²) in [5.41, 5.74) is 4.61. The summed E-state index contributed by atoms with van der Waals surface area (Å²) in [6.45, 7) is -0.366. The molecule has 1 saturated carbocycles. The molecule has 1 aromatic heterocycles. The molecule has 1 aromatic rings. The number of carboxylic acid groups (broad SMARTS) is 1. The molecule has 0 unspecified atom stereocenters. The molecule has 20 heteroatoms. The smallest absolute Gasteiger partial charge is 0.479 e. The average molecular weight is 673 g/mol. The Hall–Kier alpha value is -4.46. The lowest BCUT2D eigenvalue weighted by Gasteiger charge is -2.49. The maximum atomic E-state index is 13.3. The van der Waals surface area contributed by atoms with E-state index in [9.17, 15) is 41.9 Å². The van der Waals surface area contributed by atoms with Gasteiger partial charge in [-0.1, -0.05) is 5.16 Å². The largest absolute Gasteiger partial charge is 0.491 e. The van der Waals surface area contributed by atoms with E-state index >= 15 is 0 Å². The van der Waals surface area contributed by atoms with E-state index in [1.165, 1.54) is 11.5 Å². The zero-order chi connectivity index (χ0) is 32.6. The van der Waals surface area contributed by atoms with Gasteiger partial charge in [0.2, 0.25) is 12.5 Å². The van der Waals surface area contributed by atoms with E-state index in [-0.39, 0.29) is 39.7 Å². The number of amides is 3. The van der Waals surface area contributed by atoms with Crippen LogP contribution in [0.1, 0.15) is 31.4 Å². The van der Waals surface area contributed by atoms with Crippen molar-refractivity contribution >= 4 is 69.6 Å². The van der Waals surface area contributed by atoms with Gasteiger partial charge in [-0.05, 0) is 37.3 Å². The van der Waals surface area contributed by atoms with Crippen molar-refractivity contribution in [3.05, 3.63) is 34.0 Å². The molecule has 15 nitrogen and oxygen atoms in total. The number of nitrogens with zero attached hydrogens (tertiary/aromatic N) is 4. The van der Waals surface area contributed by atoms with Crippen molar-refractivity contribution in [2.75, 3.05) is 24.6 Å². The third kappa shape index (κ3) is 6.80. The number of ether oxygens (including phenoxy) is 1. The number of anilines is 1. The summed E-state index contributed by atoms with van der Waals surface area (Å²) in [5.74, 6) is -8.31. The Balaban J connectivity index is 1.42. The van der Waals surface area contributed by atoms with Gasteiger partial charge in [-0.3, -0.25) is 19.3 Å². The van der Waals surface area contributed by atoms with E-state index in [1.807, 2.05) is 0 Å². The SMILES string of the molecule is Nc1nc(/C(=N/OCC(=O)O)C(=O)N[C@@H]2C(=O)N3C(C(=O)OC(=O)C(F)(F)F)=C(/C=C4\CCCN(C5CC5)C4=O)CS[C@H]23)cs1. The highest BCUT2D eigenvalue weighted by Gasteiger charge is 2.55. The predicted octanol–water partition coefficient (Wildman–Crippen LogP) is 0.528. The van der Waals surface area contributed by atoms with E-state index in [4.69, 9.17) is 10.8 Å². The number of rotatable bonds is 9. The van der Waals surface area contributed by atoms with Crippen LogP contribution in [0, 0.1) is 0 Å². The lowest BCUT2D eigenvalue weighted by atomic mass is 9.98. The van der Waals surface area contributed by atoms with Crippen LogP contribution < -0.4 is 11.1 Å². The molecule has 0 spiro atoms. The Bertz CT molecular complexity index is 1570. The Morgan fingerprint density at radius 3 is 2.60 bits per heavy atom. The Kier molecular flexibility index (Phi) is 8.88. The second-order valence-electron chi connectivity index (χ2n) is 10.1. The Morgan fingerprint density at radius 1 is 1.24 bits per heavy atom. The number of piperidine rings is 1. The quantitative estimate of drug-likeness (QED) is 0.0819. The molecular formula is C25H23F3N6O9S2. The van der Waals surface area contributed by atoms with Crippen LogP contribution in [0.3, 0.4) is 0 Å². The molecule has 1 aliphatic carbocycles. The van der Waals surface area contributed by atoms with Crippen molar-refractivity contribution in [2.45, 2.75) is 49.3 Å². The fourth-order valence-electron chi connectivity index (χ4n) is 4.81. The summed E-state index contributed by atoms with van der Waals surface area (Å²) in [6.07, 6.45) is -1.53. The van der Waals surface area contributed by atoms with Crippen LogP contribution >= 0.6 is 23.1 Å². The van der Waals surface area contributed by atoms with Crippen LogP contribution in [-0.4, -0.2) is 104 Å². The normalized spacial score (nSPS) is 23.0. The van der Waals surface area contributed by atoms with Gasteiger partial charge in [0.15, 0.2) is 10.8 Å². The van der Waals surface area contributed by atoms with Gasteiger partial charge in [-0.2, -0.15) is 13.2 Å². The van der Waals surface area contributed by atoms with Gasteiger partial charge in [-0.25, -0.2) is 19.4 Å². The van der Waals surface area contributed by atoms with Crippen molar-refractivity contribution in [3.8, 4) is 0 Å². The maximum Gasteiger partial charge on any atom is 0.491 e. The molecule has 2 saturated heterocycles. The van der Waals surface area contributed by atoms with Crippen molar-refractivity contribution in [1.29, 1.82) is 0 Å². The van der Waals surface area contributed by atoms with E-state index in [0.29, 0.717) is 19.4 Å². The average Bonchev–Trinajstić information content (AvgIpc) is 3.73. The second-order valence-corrected chi connectivity index (χ2v) is 12.1. The maximum absolute atomic E-state index is 13.3. The topological polar surface area (TPSA) is 211 Å². The van der Waals surface area contributed by atoms with E-state index < -0.39 is 65.3 Å². The number of hydrogen-bond acceptors (Lipinski definition) is 13. The standard InChI is InChI=1S/C25H23F3N6O9S2/c26-25(27,28)23(41)43-22(40)17-11(6-10-2-1-5-33(19(10)38)12-3-4-12)8-44-21-16(20(39)34(17)21)31-18(37)15(32-42-7-14(35)36)13-9-45-24(29)30-13/h6,9,12,16,21H,1-5,7-8H2,(H2,29,30)(H,31,37)(H,35,36)/b10-6+,32-15-/t16-,21-/m1/s1. The number of carboxylic acids is 1. The number of nitrogens with one attached hydrogen (secondary N) is 1. The minimum atomic E-state index is -5.51. The minimum absolute atomic E-state index is 0.00221. The molecule has 4 aliphatic rings. The zero-order valence-electron chi connectivity index (χ0n) is 22.9. The number of fused-ring (bicyclic) bond motifs is 1. The third-order valence-electron chi connectivity index (χ3n) is 6.93. The number of nitrogens with two attached hydrogens (primary N) is 1. The molecule has 240 valence electrons. The number of β-lactam (4-membered cyclic amide) rings is 1. The molecular weight excluding hydrogens is 649 g/mol. The number of hydrogen-bond donors (Lipinski definition) is 3. The van der Waals surface area contributed by atoms with Crippen LogP contribution in [0.5, 0.6) is 0 Å². The highest BCUT2D eigenvalue weighted by Crippen LogP contribution is 2.42. The van der Waals surface area contributed by atoms with Gasteiger partial charge in [0.1, 0.15) is 22.8 Å². The molecule has 0 radical (unpaired) electrons. The number of esters is 2. The van der Waals surface area contributed by atoms with Gasteiger partial charge in [0.05, 0.1) is 0 Å². The number of aromatic nitrogens is 1. The highest BCUT2D eigenvalue weighted by molar-refractivity contribution is 8.00. The van der Waals surface area contributed by atoms with E-state index in [1.54, 1.807) is 4.90 Å². The summed E-state index contributed by atoms with van der Waals surface area (Å²) in [5, 5.41) is 15.0. The van der Waals surface area contributed by atoms with Gasteiger partial charge in [0, 0.05) is 29.3 Å². The van der Waals surface area contributed by atoms with E-state index in [0.717, 1.165) is 40.8 Å². The van der Waals surface area contributed by atoms with Gasteiger partial charge in [-0.15, -0.1) is 23.1 Å². The lowest BCUT2D eigenvalue weighted by Crippen LogP contribution is -2.71. The molecule has 4 N–H and O–H groups in total. The first-order valence-electron chi connectivity index (χ1n) is 13.2. The van der Waals surface area contributed by atoms with Gasteiger partial charge >= 0.3 is 24.1 Å².